The molecule has 4 N–H and O–H groups in total. The van der Waals surface area contributed by atoms with E-state index in [0.29, 0.717) is 23.5 Å². The Hall–Kier alpha value is -4.48. The third-order valence-corrected chi connectivity index (χ3v) is 6.28. The van der Waals surface area contributed by atoms with E-state index in [1.807, 2.05) is 24.3 Å². The zero-order chi connectivity index (χ0) is 28.3. The molecule has 1 aromatic heterocycles. The molecule has 39 heavy (non-hydrogen) atoms. The van der Waals surface area contributed by atoms with Gasteiger partial charge in [0, 0.05) is 45.9 Å². The lowest BCUT2D eigenvalue weighted by atomic mass is 10.1. The van der Waals surface area contributed by atoms with Crippen LogP contribution in [0.15, 0.2) is 48.7 Å². The average Bonchev–Trinajstić information content (AvgIpc) is 3.20. The second kappa shape index (κ2) is 11.1. The van der Waals surface area contributed by atoms with Crippen LogP contribution in [0.4, 0.5) is 36.7 Å². The van der Waals surface area contributed by atoms with Gasteiger partial charge in [-0.15, -0.1) is 0 Å². The number of nitrogens with one attached hydrogen (secondary N) is 4. The van der Waals surface area contributed by atoms with E-state index in [4.69, 9.17) is 4.74 Å². The van der Waals surface area contributed by atoms with Crippen LogP contribution in [-0.4, -0.2) is 54.1 Å². The first kappa shape index (κ1) is 27.6. The minimum Gasteiger partial charge on any atom is -0.494 e. The van der Waals surface area contributed by atoms with Gasteiger partial charge in [-0.2, -0.15) is 4.98 Å². The maximum Gasteiger partial charge on any atom is 0.321 e. The van der Waals surface area contributed by atoms with Crippen LogP contribution in [0.5, 0.6) is 5.75 Å². The van der Waals surface area contributed by atoms with Crippen molar-refractivity contribution < 1.29 is 23.1 Å². The van der Waals surface area contributed by atoms with Crippen LogP contribution in [0.1, 0.15) is 36.6 Å². The number of anilines is 4. The summed E-state index contributed by atoms with van der Waals surface area (Å²) in [4.78, 5) is 33.8. The largest absolute Gasteiger partial charge is 0.494 e. The molecule has 3 amide bonds. The number of hydrogen-bond donors (Lipinski definition) is 4. The van der Waals surface area contributed by atoms with Crippen molar-refractivity contribution in [2.45, 2.75) is 38.3 Å². The van der Waals surface area contributed by atoms with Crippen molar-refractivity contribution in [2.75, 3.05) is 37.2 Å². The number of carbonyl (C=O) groups is 2. The fourth-order valence-electron chi connectivity index (χ4n) is 4.40. The molecule has 0 spiro atoms. The number of alkyl halides is 2. The summed E-state index contributed by atoms with van der Waals surface area (Å²) in [6, 6.07) is 11.4. The van der Waals surface area contributed by atoms with Gasteiger partial charge < -0.3 is 30.9 Å². The highest BCUT2D eigenvalue weighted by Crippen LogP contribution is 2.38. The number of methoxy groups -OCH3 is 1. The number of urea groups is 1. The molecule has 1 aliphatic carbocycles. The van der Waals surface area contributed by atoms with Gasteiger partial charge >= 0.3 is 6.03 Å². The fourth-order valence-corrected chi connectivity index (χ4v) is 4.40. The molecule has 206 valence electrons. The zero-order valence-electron chi connectivity index (χ0n) is 22.3. The standard InChI is InChI=1S/C27H31F2N7O3/c1-15(37)31-23-18-9-7-6-8-16(18)12-21(23)33-24-19(27(2,28)29)14-30-25(35-24)34-20-11-10-17(13-22(20)39-5)32-26(38)36(3)4/h6-11,13-14,21,23H,12H2,1-5H3,(H,31,37)(H,32,38)(H2,30,33,34,35). The Labute approximate surface area is 225 Å². The number of nitrogens with zero attached hydrogens (tertiary/aromatic N) is 3. The Morgan fingerprint density at radius 3 is 2.56 bits per heavy atom. The summed E-state index contributed by atoms with van der Waals surface area (Å²) >= 11 is 0. The first-order chi connectivity index (χ1) is 18.5. The summed E-state index contributed by atoms with van der Waals surface area (Å²) in [6.45, 7) is 2.20. The number of rotatable bonds is 8. The topological polar surface area (TPSA) is 121 Å². The van der Waals surface area contributed by atoms with E-state index < -0.39 is 18.0 Å². The molecule has 0 fully saturated rings. The number of fused-ring (bicyclic) bond motifs is 1. The predicted octanol–water partition coefficient (Wildman–Crippen LogP) is 4.65. The van der Waals surface area contributed by atoms with E-state index in [0.717, 1.165) is 24.2 Å². The predicted molar refractivity (Wildman–Crippen MR) is 145 cm³/mol. The highest BCUT2D eigenvalue weighted by Gasteiger charge is 2.36. The Balaban J connectivity index is 1.63. The molecule has 4 rings (SSSR count). The van der Waals surface area contributed by atoms with Crippen LogP contribution in [0, 0.1) is 0 Å². The van der Waals surface area contributed by atoms with Crippen molar-refractivity contribution in [3.63, 3.8) is 0 Å². The van der Waals surface area contributed by atoms with Gasteiger partial charge in [0.05, 0.1) is 30.4 Å². The molecule has 0 radical (unpaired) electrons. The van der Waals surface area contributed by atoms with Crippen molar-refractivity contribution in [1.82, 2.24) is 20.2 Å². The van der Waals surface area contributed by atoms with Gasteiger partial charge in [-0.3, -0.25) is 4.79 Å². The number of aromatic nitrogens is 2. The Morgan fingerprint density at radius 1 is 1.15 bits per heavy atom. The molecule has 3 aromatic rings. The van der Waals surface area contributed by atoms with E-state index in [9.17, 15) is 18.4 Å². The van der Waals surface area contributed by atoms with Gasteiger partial charge in [0.1, 0.15) is 11.6 Å². The number of ether oxygens (including phenoxy) is 1. The van der Waals surface area contributed by atoms with Crippen molar-refractivity contribution in [3.8, 4) is 5.75 Å². The molecular formula is C27H31F2N7O3. The van der Waals surface area contributed by atoms with E-state index >= 15 is 0 Å². The average molecular weight is 540 g/mol. The molecule has 1 heterocycles. The summed E-state index contributed by atoms with van der Waals surface area (Å²) in [5.74, 6) is -3.07. The quantitative estimate of drug-likeness (QED) is 0.329. The van der Waals surface area contributed by atoms with Crippen LogP contribution >= 0.6 is 0 Å². The minimum atomic E-state index is -3.22. The molecule has 12 heteroatoms. The van der Waals surface area contributed by atoms with E-state index in [1.165, 1.54) is 18.9 Å². The Bertz CT molecular complexity index is 1380. The molecule has 2 aromatic carbocycles. The smallest absolute Gasteiger partial charge is 0.321 e. The maximum atomic E-state index is 14.6. The monoisotopic (exact) mass is 539 g/mol. The first-order valence-electron chi connectivity index (χ1n) is 12.3. The van der Waals surface area contributed by atoms with Crippen LogP contribution in [0.3, 0.4) is 0 Å². The van der Waals surface area contributed by atoms with Crippen molar-refractivity contribution >= 4 is 35.1 Å². The molecule has 2 unspecified atom stereocenters. The first-order valence-corrected chi connectivity index (χ1v) is 12.3. The number of benzene rings is 2. The highest BCUT2D eigenvalue weighted by atomic mass is 19.3. The SMILES string of the molecule is COc1cc(NC(=O)N(C)C)ccc1Nc1ncc(C(C)(F)F)c(NC2Cc3ccccc3C2NC(C)=O)n1. The molecule has 0 aliphatic heterocycles. The molecule has 0 bridgehead atoms. The van der Waals surface area contributed by atoms with Crippen LogP contribution < -0.4 is 26.0 Å². The molecule has 1 aliphatic rings. The van der Waals surface area contributed by atoms with Crippen LogP contribution in [0.25, 0.3) is 0 Å². The lowest BCUT2D eigenvalue weighted by Crippen LogP contribution is -2.37. The van der Waals surface area contributed by atoms with Gasteiger partial charge in [0.2, 0.25) is 11.9 Å². The van der Waals surface area contributed by atoms with Gasteiger partial charge in [0.25, 0.3) is 5.92 Å². The third kappa shape index (κ3) is 6.33. The molecule has 0 saturated carbocycles. The molecule has 2 atom stereocenters. The van der Waals surface area contributed by atoms with Crippen molar-refractivity contribution in [3.05, 3.63) is 65.4 Å². The number of amides is 3. The second-order valence-electron chi connectivity index (χ2n) is 9.54. The van der Waals surface area contributed by atoms with E-state index in [-0.39, 0.29) is 29.3 Å². The van der Waals surface area contributed by atoms with Crippen LogP contribution in [0.2, 0.25) is 0 Å². The number of carbonyl (C=O) groups excluding carboxylic acids is 2. The summed E-state index contributed by atoms with van der Waals surface area (Å²) in [6.07, 6.45) is 1.59. The summed E-state index contributed by atoms with van der Waals surface area (Å²) in [5, 5.41) is 11.8. The summed E-state index contributed by atoms with van der Waals surface area (Å²) < 4.78 is 34.6. The fraction of sp³-hybridized carbons (Fsp3) is 0.333. The van der Waals surface area contributed by atoms with Gasteiger partial charge in [0.15, 0.2) is 0 Å². The van der Waals surface area contributed by atoms with Gasteiger partial charge in [-0.1, -0.05) is 24.3 Å². The highest BCUT2D eigenvalue weighted by molar-refractivity contribution is 5.89. The van der Waals surface area contributed by atoms with Crippen LogP contribution in [-0.2, 0) is 17.1 Å². The minimum absolute atomic E-state index is 0.0537. The lowest BCUT2D eigenvalue weighted by Gasteiger charge is -2.25. The van der Waals surface area contributed by atoms with Crippen molar-refractivity contribution in [2.24, 2.45) is 0 Å². The van der Waals surface area contributed by atoms with Gasteiger partial charge in [-0.05, 0) is 29.7 Å². The normalized spacial score (nSPS) is 16.2. The van der Waals surface area contributed by atoms with E-state index in [2.05, 4.69) is 31.2 Å². The zero-order valence-corrected chi connectivity index (χ0v) is 22.3. The lowest BCUT2D eigenvalue weighted by molar-refractivity contribution is -0.119. The summed E-state index contributed by atoms with van der Waals surface area (Å²) in [7, 11) is 4.71. The van der Waals surface area contributed by atoms with Crippen molar-refractivity contribution in [1.29, 1.82) is 0 Å². The second-order valence-corrected chi connectivity index (χ2v) is 9.54. The van der Waals surface area contributed by atoms with Gasteiger partial charge in [-0.25, -0.2) is 18.6 Å². The number of hydrogen-bond acceptors (Lipinski definition) is 7. The maximum absolute atomic E-state index is 14.6. The Morgan fingerprint density at radius 2 is 1.90 bits per heavy atom. The Kier molecular flexibility index (Phi) is 7.84. The number of halogens is 2. The summed E-state index contributed by atoms with van der Waals surface area (Å²) in [5.41, 5.74) is 2.53. The molecular weight excluding hydrogens is 508 g/mol. The third-order valence-electron chi connectivity index (χ3n) is 6.28. The van der Waals surface area contributed by atoms with E-state index in [1.54, 1.807) is 32.3 Å². The molecule has 10 nitrogen and oxygen atoms in total. The molecule has 0 saturated heterocycles.